The molecule has 0 radical (unpaired) electrons. The molecule has 0 aliphatic carbocycles. The maximum atomic E-state index is 5.51. The van der Waals surface area contributed by atoms with E-state index in [-0.39, 0.29) is 5.35 Å². The smallest absolute Gasteiger partial charge is 0.313 e. The van der Waals surface area contributed by atoms with Gasteiger partial charge in [0.25, 0.3) is 0 Å². The number of rotatable bonds is 1. The summed E-state index contributed by atoms with van der Waals surface area (Å²) in [5.74, 6) is 0.453. The molecule has 4 heteroatoms. The molecule has 3 nitrogen and oxygen atoms in total. The molecule has 0 saturated heterocycles. The van der Waals surface area contributed by atoms with Gasteiger partial charge in [-0.2, -0.15) is 0 Å². The second-order valence-electron chi connectivity index (χ2n) is 2.73. The van der Waals surface area contributed by atoms with Gasteiger partial charge in [-0.05, 0) is 30.7 Å². The zero-order valence-electron chi connectivity index (χ0n) is 6.99. The van der Waals surface area contributed by atoms with Crippen LogP contribution in [0.4, 0.5) is 0 Å². The molecule has 1 heterocycles. The molecular weight excluding hydrogens is 188 g/mol. The Morgan fingerprint density at radius 1 is 1.31 bits per heavy atom. The van der Waals surface area contributed by atoms with Crippen molar-refractivity contribution >= 4 is 11.6 Å². The molecule has 66 valence electrons. The Labute approximate surface area is 80.4 Å². The summed E-state index contributed by atoms with van der Waals surface area (Å²) in [4.78, 5) is 0. The minimum Gasteiger partial charge on any atom is -0.407 e. The van der Waals surface area contributed by atoms with Crippen LogP contribution in [-0.2, 0) is 0 Å². The Morgan fingerprint density at radius 3 is 2.77 bits per heavy atom. The van der Waals surface area contributed by atoms with Gasteiger partial charge < -0.3 is 4.42 Å². The highest BCUT2D eigenvalue weighted by atomic mass is 35.5. The first-order valence-corrected chi connectivity index (χ1v) is 4.19. The first kappa shape index (κ1) is 8.26. The molecule has 1 aromatic carbocycles. The Morgan fingerprint density at radius 2 is 2.15 bits per heavy atom. The summed E-state index contributed by atoms with van der Waals surface area (Å²) in [6.07, 6.45) is 0. The summed E-state index contributed by atoms with van der Waals surface area (Å²) in [6, 6.07) is 7.80. The van der Waals surface area contributed by atoms with E-state index in [1.807, 2.05) is 31.2 Å². The topological polar surface area (TPSA) is 38.9 Å². The standard InChI is InChI=1S/C9H7ClN2O/c1-6-3-2-4-7(5-6)8-11-12-9(10)13-8/h2-5H,1H3. The van der Waals surface area contributed by atoms with Gasteiger partial charge in [0.1, 0.15) is 0 Å². The third-order valence-electron chi connectivity index (χ3n) is 1.67. The van der Waals surface area contributed by atoms with Gasteiger partial charge in [-0.25, -0.2) is 0 Å². The van der Waals surface area contributed by atoms with Gasteiger partial charge in [0.2, 0.25) is 5.89 Å². The summed E-state index contributed by atoms with van der Waals surface area (Å²) >= 11 is 5.51. The van der Waals surface area contributed by atoms with Crippen molar-refractivity contribution < 1.29 is 4.42 Å². The van der Waals surface area contributed by atoms with Gasteiger partial charge in [-0.3, -0.25) is 0 Å². The molecule has 0 amide bonds. The number of hydrogen-bond acceptors (Lipinski definition) is 3. The third-order valence-corrected chi connectivity index (χ3v) is 1.82. The van der Waals surface area contributed by atoms with Gasteiger partial charge in [-0.15, -0.1) is 5.10 Å². The van der Waals surface area contributed by atoms with Crippen LogP contribution in [0.3, 0.4) is 0 Å². The average molecular weight is 195 g/mol. The highest BCUT2D eigenvalue weighted by Gasteiger charge is 2.05. The van der Waals surface area contributed by atoms with E-state index in [0.717, 1.165) is 11.1 Å². The average Bonchev–Trinajstić information content (AvgIpc) is 2.52. The van der Waals surface area contributed by atoms with Crippen LogP contribution >= 0.6 is 11.6 Å². The minimum atomic E-state index is 0.0662. The van der Waals surface area contributed by atoms with Crippen molar-refractivity contribution in [2.45, 2.75) is 6.92 Å². The lowest BCUT2D eigenvalue weighted by atomic mass is 10.1. The Hall–Kier alpha value is -1.35. The van der Waals surface area contributed by atoms with Gasteiger partial charge in [0, 0.05) is 5.56 Å². The van der Waals surface area contributed by atoms with Crippen molar-refractivity contribution in [2.75, 3.05) is 0 Å². The first-order chi connectivity index (χ1) is 6.25. The predicted molar refractivity (Wildman–Crippen MR) is 49.5 cm³/mol. The molecule has 0 atom stereocenters. The summed E-state index contributed by atoms with van der Waals surface area (Å²) in [5.41, 5.74) is 2.03. The number of nitrogens with zero attached hydrogens (tertiary/aromatic N) is 2. The number of aryl methyl sites for hydroxylation is 1. The second-order valence-corrected chi connectivity index (χ2v) is 3.05. The number of benzene rings is 1. The Balaban J connectivity index is 2.46. The van der Waals surface area contributed by atoms with Crippen LogP contribution in [-0.4, -0.2) is 10.2 Å². The highest BCUT2D eigenvalue weighted by Crippen LogP contribution is 2.20. The summed E-state index contributed by atoms with van der Waals surface area (Å²) < 4.78 is 5.07. The monoisotopic (exact) mass is 194 g/mol. The van der Waals surface area contributed by atoms with E-state index in [4.69, 9.17) is 16.0 Å². The molecule has 0 bridgehead atoms. The molecule has 0 saturated carbocycles. The summed E-state index contributed by atoms with van der Waals surface area (Å²) in [7, 11) is 0. The molecule has 0 fully saturated rings. The number of aromatic nitrogens is 2. The van der Waals surface area contributed by atoms with Crippen molar-refractivity contribution in [2.24, 2.45) is 0 Å². The van der Waals surface area contributed by atoms with E-state index >= 15 is 0 Å². The SMILES string of the molecule is Cc1cccc(-c2nnc(Cl)o2)c1. The Bertz CT molecular complexity index is 425. The van der Waals surface area contributed by atoms with Crippen molar-refractivity contribution in [3.63, 3.8) is 0 Å². The van der Waals surface area contributed by atoms with Crippen molar-refractivity contribution in [3.8, 4) is 11.5 Å². The van der Waals surface area contributed by atoms with E-state index in [9.17, 15) is 0 Å². The molecular formula is C9H7ClN2O. The van der Waals surface area contributed by atoms with Crippen LogP contribution in [0.25, 0.3) is 11.5 Å². The van der Waals surface area contributed by atoms with Gasteiger partial charge in [0.05, 0.1) is 0 Å². The van der Waals surface area contributed by atoms with E-state index in [0.29, 0.717) is 5.89 Å². The summed E-state index contributed by atoms with van der Waals surface area (Å²) in [5, 5.41) is 7.42. The molecule has 0 unspecified atom stereocenters. The molecule has 1 aromatic heterocycles. The summed E-state index contributed by atoms with van der Waals surface area (Å²) in [6.45, 7) is 2.00. The van der Waals surface area contributed by atoms with E-state index in [1.54, 1.807) is 0 Å². The lowest BCUT2D eigenvalue weighted by Gasteiger charge is -1.94. The molecule has 0 aliphatic heterocycles. The second kappa shape index (κ2) is 3.18. The van der Waals surface area contributed by atoms with Gasteiger partial charge in [-0.1, -0.05) is 22.8 Å². The van der Waals surface area contributed by atoms with Crippen molar-refractivity contribution in [1.29, 1.82) is 0 Å². The molecule has 0 N–H and O–H groups in total. The zero-order valence-corrected chi connectivity index (χ0v) is 7.75. The van der Waals surface area contributed by atoms with Gasteiger partial charge >= 0.3 is 5.35 Å². The molecule has 0 aliphatic rings. The number of halogens is 1. The fraction of sp³-hybridized carbons (Fsp3) is 0.111. The molecule has 2 rings (SSSR count). The van der Waals surface area contributed by atoms with Crippen LogP contribution in [0, 0.1) is 6.92 Å². The molecule has 0 spiro atoms. The molecule has 13 heavy (non-hydrogen) atoms. The normalized spacial score (nSPS) is 10.3. The lowest BCUT2D eigenvalue weighted by molar-refractivity contribution is 0.571. The highest BCUT2D eigenvalue weighted by molar-refractivity contribution is 6.27. The Kier molecular flexibility index (Phi) is 2.02. The maximum absolute atomic E-state index is 5.51. The third kappa shape index (κ3) is 1.70. The zero-order chi connectivity index (χ0) is 9.26. The van der Waals surface area contributed by atoms with Crippen molar-refractivity contribution in [3.05, 3.63) is 35.2 Å². The number of hydrogen-bond donors (Lipinski definition) is 0. The van der Waals surface area contributed by atoms with E-state index in [2.05, 4.69) is 10.2 Å². The molecule has 2 aromatic rings. The van der Waals surface area contributed by atoms with Crippen LogP contribution in [0.2, 0.25) is 5.35 Å². The van der Waals surface area contributed by atoms with Crippen LogP contribution in [0.5, 0.6) is 0 Å². The maximum Gasteiger partial charge on any atom is 0.313 e. The van der Waals surface area contributed by atoms with E-state index < -0.39 is 0 Å². The first-order valence-electron chi connectivity index (χ1n) is 3.82. The van der Waals surface area contributed by atoms with Crippen LogP contribution in [0.15, 0.2) is 28.7 Å². The fourth-order valence-electron chi connectivity index (χ4n) is 1.10. The predicted octanol–water partition coefficient (Wildman–Crippen LogP) is 2.70. The largest absolute Gasteiger partial charge is 0.407 e. The van der Waals surface area contributed by atoms with Crippen molar-refractivity contribution in [1.82, 2.24) is 10.2 Å². The minimum absolute atomic E-state index is 0.0662. The fourth-order valence-corrected chi connectivity index (χ4v) is 1.21. The van der Waals surface area contributed by atoms with Crippen LogP contribution < -0.4 is 0 Å². The lowest BCUT2D eigenvalue weighted by Crippen LogP contribution is -1.78. The van der Waals surface area contributed by atoms with Crippen LogP contribution in [0.1, 0.15) is 5.56 Å². The van der Waals surface area contributed by atoms with E-state index in [1.165, 1.54) is 0 Å². The van der Waals surface area contributed by atoms with Gasteiger partial charge in [0.15, 0.2) is 0 Å². The quantitative estimate of drug-likeness (QED) is 0.701.